The number of benzene rings is 3. The molecule has 0 spiro atoms. The number of halogens is 3. The molecule has 0 saturated carbocycles. The van der Waals surface area contributed by atoms with E-state index in [1.165, 1.54) is 30.2 Å². The molecule has 1 atom stereocenters. The maximum Gasteiger partial charge on any atom is 0.244 e. The molecule has 8 nitrogen and oxygen atoms in total. The van der Waals surface area contributed by atoms with E-state index in [9.17, 15) is 18.0 Å². The standard InChI is InChI=1S/C30H34Cl3N3O5S/c1-30(2,3)34-29(38)26(16-20-9-7-6-8-10-20)35(18-21-11-13-23(31)24(32)15-21)28(37)19-36(42(5,39)40)22-12-14-27(41-4)25(33)17-22/h6-15,17,26H,16,18-19H2,1-5H3,(H,34,38)/t26-/m1/s1. The molecule has 226 valence electrons. The fourth-order valence-corrected chi connectivity index (χ4v) is 5.68. The van der Waals surface area contributed by atoms with Gasteiger partial charge in [-0.3, -0.25) is 13.9 Å². The fraction of sp³-hybridized carbons (Fsp3) is 0.333. The summed E-state index contributed by atoms with van der Waals surface area (Å²) >= 11 is 18.7. The Hall–Kier alpha value is -2.98. The first-order valence-electron chi connectivity index (χ1n) is 13.0. The van der Waals surface area contributed by atoms with Crippen molar-refractivity contribution >= 4 is 62.3 Å². The molecule has 0 aromatic heterocycles. The number of ether oxygens (including phenoxy) is 1. The number of carbonyl (C=O) groups is 2. The number of carbonyl (C=O) groups excluding carboxylic acids is 2. The van der Waals surface area contributed by atoms with Gasteiger partial charge < -0.3 is 15.0 Å². The lowest BCUT2D eigenvalue weighted by atomic mass is 10.0. The van der Waals surface area contributed by atoms with Crippen LogP contribution in [0.1, 0.15) is 31.9 Å². The lowest BCUT2D eigenvalue weighted by Crippen LogP contribution is -2.56. The summed E-state index contributed by atoms with van der Waals surface area (Å²) in [6.07, 6.45) is 1.18. The summed E-state index contributed by atoms with van der Waals surface area (Å²) in [4.78, 5) is 29.3. The van der Waals surface area contributed by atoms with Crippen LogP contribution in [-0.2, 0) is 32.6 Å². The Bertz CT molecular complexity index is 1530. The van der Waals surface area contributed by atoms with Crippen LogP contribution in [0.25, 0.3) is 0 Å². The predicted molar refractivity (Wildman–Crippen MR) is 169 cm³/mol. The van der Waals surface area contributed by atoms with Crippen molar-refractivity contribution in [2.24, 2.45) is 0 Å². The molecule has 0 aliphatic rings. The van der Waals surface area contributed by atoms with Crippen molar-refractivity contribution in [2.45, 2.75) is 45.3 Å². The minimum absolute atomic E-state index is 0.0360. The summed E-state index contributed by atoms with van der Waals surface area (Å²) in [5.41, 5.74) is 1.01. The van der Waals surface area contributed by atoms with Crippen molar-refractivity contribution in [2.75, 3.05) is 24.2 Å². The second-order valence-electron chi connectivity index (χ2n) is 10.8. The van der Waals surface area contributed by atoms with Crippen molar-refractivity contribution in [3.63, 3.8) is 0 Å². The van der Waals surface area contributed by atoms with Crippen LogP contribution in [-0.4, -0.2) is 56.6 Å². The number of rotatable bonds is 11. The lowest BCUT2D eigenvalue weighted by Gasteiger charge is -2.35. The molecule has 42 heavy (non-hydrogen) atoms. The Morgan fingerprint density at radius 3 is 2.12 bits per heavy atom. The number of amides is 2. The normalized spacial score (nSPS) is 12.4. The summed E-state index contributed by atoms with van der Waals surface area (Å²) in [5.74, 6) is -0.648. The van der Waals surface area contributed by atoms with Gasteiger partial charge in [-0.15, -0.1) is 0 Å². The molecule has 3 rings (SSSR count). The summed E-state index contributed by atoms with van der Waals surface area (Å²) in [6.45, 7) is 4.90. The van der Waals surface area contributed by atoms with Crippen LogP contribution in [0, 0.1) is 0 Å². The first kappa shape index (κ1) is 33.5. The third-order valence-corrected chi connectivity index (χ3v) is 8.38. The van der Waals surface area contributed by atoms with Crippen LogP contribution < -0.4 is 14.4 Å². The van der Waals surface area contributed by atoms with Crippen LogP contribution in [0.5, 0.6) is 5.75 Å². The molecule has 2 amide bonds. The Morgan fingerprint density at radius 2 is 1.57 bits per heavy atom. The van der Waals surface area contributed by atoms with Gasteiger partial charge in [0.1, 0.15) is 18.3 Å². The third-order valence-electron chi connectivity index (χ3n) is 6.21. The van der Waals surface area contributed by atoms with E-state index in [-0.39, 0.29) is 28.7 Å². The van der Waals surface area contributed by atoms with Gasteiger partial charge in [0.15, 0.2) is 0 Å². The molecule has 0 saturated heterocycles. The molecular weight excluding hydrogens is 621 g/mol. The molecule has 1 N–H and O–H groups in total. The van der Waals surface area contributed by atoms with Crippen LogP contribution >= 0.6 is 34.8 Å². The van der Waals surface area contributed by atoms with Gasteiger partial charge in [0.25, 0.3) is 0 Å². The average Bonchev–Trinajstić information content (AvgIpc) is 2.90. The van der Waals surface area contributed by atoms with Crippen LogP contribution in [0.4, 0.5) is 5.69 Å². The first-order valence-corrected chi connectivity index (χ1v) is 16.0. The van der Waals surface area contributed by atoms with Gasteiger partial charge in [0, 0.05) is 18.5 Å². The minimum atomic E-state index is -3.95. The van der Waals surface area contributed by atoms with Crippen molar-refractivity contribution in [1.82, 2.24) is 10.2 Å². The molecule has 0 aliphatic heterocycles. The Morgan fingerprint density at radius 1 is 0.905 bits per heavy atom. The highest BCUT2D eigenvalue weighted by Crippen LogP contribution is 2.31. The summed E-state index contributed by atoms with van der Waals surface area (Å²) in [7, 11) is -2.51. The zero-order chi connectivity index (χ0) is 31.2. The molecular formula is C30H34Cl3N3O5S. The van der Waals surface area contributed by atoms with Gasteiger partial charge in [-0.2, -0.15) is 0 Å². The smallest absolute Gasteiger partial charge is 0.244 e. The van der Waals surface area contributed by atoms with Crippen molar-refractivity contribution < 1.29 is 22.7 Å². The Labute approximate surface area is 262 Å². The molecule has 0 heterocycles. The number of methoxy groups -OCH3 is 1. The van der Waals surface area contributed by atoms with Gasteiger partial charge in [0.05, 0.1) is 34.1 Å². The van der Waals surface area contributed by atoms with E-state index < -0.39 is 40.0 Å². The molecule has 0 fully saturated rings. The van der Waals surface area contributed by atoms with Crippen molar-refractivity contribution in [3.05, 3.63) is 92.9 Å². The van der Waals surface area contributed by atoms with E-state index in [1.54, 1.807) is 18.2 Å². The minimum Gasteiger partial charge on any atom is -0.495 e. The third kappa shape index (κ3) is 9.26. The molecule has 0 bridgehead atoms. The topological polar surface area (TPSA) is 96.0 Å². The number of hydrogen-bond donors (Lipinski definition) is 1. The van der Waals surface area contributed by atoms with E-state index in [0.717, 1.165) is 16.1 Å². The largest absolute Gasteiger partial charge is 0.495 e. The van der Waals surface area contributed by atoms with Crippen LogP contribution in [0.2, 0.25) is 15.1 Å². The van der Waals surface area contributed by atoms with E-state index >= 15 is 0 Å². The Balaban J connectivity index is 2.10. The number of nitrogens with zero attached hydrogens (tertiary/aromatic N) is 2. The summed E-state index contributed by atoms with van der Waals surface area (Å²) < 4.78 is 32.0. The van der Waals surface area contributed by atoms with Gasteiger partial charge in [-0.05, 0) is 62.2 Å². The molecule has 0 radical (unpaired) electrons. The zero-order valence-corrected chi connectivity index (χ0v) is 27.1. The fourth-order valence-electron chi connectivity index (χ4n) is 4.27. The molecule has 3 aromatic rings. The summed E-state index contributed by atoms with van der Waals surface area (Å²) in [5, 5.41) is 3.77. The number of sulfonamides is 1. The van der Waals surface area contributed by atoms with E-state index in [2.05, 4.69) is 5.32 Å². The highest BCUT2D eigenvalue weighted by atomic mass is 35.5. The van der Waals surface area contributed by atoms with E-state index in [0.29, 0.717) is 16.3 Å². The van der Waals surface area contributed by atoms with Crippen molar-refractivity contribution in [3.8, 4) is 5.75 Å². The predicted octanol–water partition coefficient (Wildman–Crippen LogP) is 5.98. The van der Waals surface area contributed by atoms with E-state index in [4.69, 9.17) is 39.5 Å². The van der Waals surface area contributed by atoms with Crippen molar-refractivity contribution in [1.29, 1.82) is 0 Å². The molecule has 3 aromatic carbocycles. The van der Waals surface area contributed by atoms with Crippen LogP contribution in [0.15, 0.2) is 66.7 Å². The van der Waals surface area contributed by atoms with E-state index in [1.807, 2.05) is 51.1 Å². The van der Waals surface area contributed by atoms with Gasteiger partial charge in [0.2, 0.25) is 21.8 Å². The number of nitrogens with one attached hydrogen (secondary N) is 1. The first-order chi connectivity index (χ1) is 19.6. The maximum atomic E-state index is 14.2. The number of hydrogen-bond acceptors (Lipinski definition) is 5. The molecule has 0 unspecified atom stereocenters. The second kappa shape index (κ2) is 14.0. The summed E-state index contributed by atoms with van der Waals surface area (Å²) in [6, 6.07) is 17.6. The van der Waals surface area contributed by atoms with Gasteiger partial charge in [-0.1, -0.05) is 71.2 Å². The zero-order valence-electron chi connectivity index (χ0n) is 24.0. The SMILES string of the molecule is COc1ccc(N(CC(=O)N(Cc2ccc(Cl)c(Cl)c2)[C@H](Cc2ccccc2)C(=O)NC(C)(C)C)S(C)(=O)=O)cc1Cl. The Kier molecular flexibility index (Phi) is 11.2. The number of anilines is 1. The lowest BCUT2D eigenvalue weighted by molar-refractivity contribution is -0.140. The highest BCUT2D eigenvalue weighted by molar-refractivity contribution is 7.92. The molecule has 12 heteroatoms. The average molecular weight is 655 g/mol. The quantitative estimate of drug-likeness (QED) is 0.275. The molecule has 0 aliphatic carbocycles. The monoisotopic (exact) mass is 653 g/mol. The van der Waals surface area contributed by atoms with Gasteiger partial charge >= 0.3 is 0 Å². The second-order valence-corrected chi connectivity index (χ2v) is 13.9. The van der Waals surface area contributed by atoms with Gasteiger partial charge in [-0.25, -0.2) is 8.42 Å². The highest BCUT2D eigenvalue weighted by Gasteiger charge is 2.34. The van der Waals surface area contributed by atoms with Crippen LogP contribution in [0.3, 0.4) is 0 Å². The maximum absolute atomic E-state index is 14.2.